The summed E-state index contributed by atoms with van der Waals surface area (Å²) < 4.78 is 12.7. The summed E-state index contributed by atoms with van der Waals surface area (Å²) in [6.07, 6.45) is 4.49. The topological polar surface area (TPSA) is 15.3 Å². The summed E-state index contributed by atoms with van der Waals surface area (Å²) in [5.74, 6) is 0. The van der Waals surface area contributed by atoms with Crippen molar-refractivity contribution < 1.29 is 4.48 Å². The number of hydrogen-bond donors (Lipinski definition) is 1. The molecular formula is C14H35FN2. The maximum atomic E-state index is 12.7. The van der Waals surface area contributed by atoms with Gasteiger partial charge < -0.3 is 5.32 Å². The van der Waals surface area contributed by atoms with Crippen molar-refractivity contribution in [2.75, 3.05) is 20.1 Å². The third-order valence-electron chi connectivity index (χ3n) is 2.26. The van der Waals surface area contributed by atoms with Crippen LogP contribution in [0, 0.1) is 0 Å². The predicted molar refractivity (Wildman–Crippen MR) is 78.0 cm³/mol. The fraction of sp³-hybridized carbons (Fsp3) is 1.00. The van der Waals surface area contributed by atoms with Crippen LogP contribution in [0.15, 0.2) is 0 Å². The first-order chi connectivity index (χ1) is 8.13. The van der Waals surface area contributed by atoms with Gasteiger partial charge in [-0.25, -0.2) is 0 Å². The van der Waals surface area contributed by atoms with Gasteiger partial charge in [-0.3, -0.25) is 0 Å². The Labute approximate surface area is 109 Å². The Morgan fingerprint density at radius 2 is 1.65 bits per heavy atom. The molecule has 17 heavy (non-hydrogen) atoms. The normalized spacial score (nSPS) is 11.1. The first kappa shape index (κ1) is 22.1. The predicted octanol–water partition coefficient (Wildman–Crippen LogP) is 4.41. The summed E-state index contributed by atoms with van der Waals surface area (Å²) >= 11 is 0. The van der Waals surface area contributed by atoms with Gasteiger partial charge in [0.15, 0.2) is 0 Å². The van der Waals surface area contributed by atoms with Crippen molar-refractivity contribution in [3.63, 3.8) is 0 Å². The van der Waals surface area contributed by atoms with Crippen molar-refractivity contribution in [1.29, 1.82) is 0 Å². The fourth-order valence-electron chi connectivity index (χ4n) is 1.20. The van der Waals surface area contributed by atoms with Crippen LogP contribution in [-0.2, 0) is 0 Å². The average molecular weight is 250 g/mol. The van der Waals surface area contributed by atoms with E-state index in [1.807, 2.05) is 34.7 Å². The Morgan fingerprint density at radius 1 is 1.12 bits per heavy atom. The Bertz CT molecular complexity index is 108. The van der Waals surface area contributed by atoms with E-state index in [4.69, 9.17) is 0 Å². The molecule has 0 rings (SSSR count). The van der Waals surface area contributed by atoms with Crippen LogP contribution in [0.1, 0.15) is 67.2 Å². The highest BCUT2D eigenvalue weighted by Gasteiger charge is 2.08. The van der Waals surface area contributed by atoms with Gasteiger partial charge in [0.25, 0.3) is 0 Å². The maximum absolute atomic E-state index is 12.7. The summed E-state index contributed by atoms with van der Waals surface area (Å²) in [6.45, 7) is 13.7. The minimum atomic E-state index is 0.102. The van der Waals surface area contributed by atoms with Crippen LogP contribution in [-0.4, -0.2) is 31.3 Å². The highest BCUT2D eigenvalue weighted by Crippen LogP contribution is 2.07. The van der Waals surface area contributed by atoms with Gasteiger partial charge in [0.1, 0.15) is 0 Å². The van der Waals surface area contributed by atoms with Crippen molar-refractivity contribution in [3.8, 4) is 0 Å². The molecule has 0 heterocycles. The molecule has 2 nitrogen and oxygen atoms in total. The molecule has 0 aliphatic carbocycles. The highest BCUT2D eigenvalue weighted by atomic mass is 19.2. The zero-order chi connectivity index (χ0) is 14.1. The van der Waals surface area contributed by atoms with Gasteiger partial charge in [0.05, 0.1) is 0 Å². The quantitative estimate of drug-likeness (QED) is 0.673. The Balaban J connectivity index is -0.000000236. The van der Waals surface area contributed by atoms with Gasteiger partial charge in [-0.1, -0.05) is 40.5 Å². The number of hydrogen-bond acceptors (Lipinski definition) is 2. The fourth-order valence-corrected chi connectivity index (χ4v) is 1.20. The lowest BCUT2D eigenvalue weighted by Gasteiger charge is -2.17. The summed E-state index contributed by atoms with van der Waals surface area (Å²) in [5.41, 5.74) is 0. The zero-order valence-electron chi connectivity index (χ0n) is 13.1. The standard InChI is InChI=1S/C8H18FN.C4H11N.C2H6/c1-4-6-7-8(3)10(9)5-2;1-3-4-5-2;1-2/h8H,4-7H2,1-3H3;5H,3-4H2,1-2H3;1-2H3. The molecule has 1 N–H and O–H groups in total. The zero-order valence-corrected chi connectivity index (χ0v) is 13.1. The van der Waals surface area contributed by atoms with Crippen molar-refractivity contribution in [2.45, 2.75) is 73.3 Å². The molecule has 0 aliphatic heterocycles. The lowest BCUT2D eigenvalue weighted by molar-refractivity contribution is -0.0129. The van der Waals surface area contributed by atoms with E-state index in [1.165, 1.54) is 6.42 Å². The molecular weight excluding hydrogens is 215 g/mol. The van der Waals surface area contributed by atoms with Crippen molar-refractivity contribution >= 4 is 0 Å². The molecule has 0 saturated heterocycles. The smallest absolute Gasteiger partial charge is 0.0374 e. The molecule has 0 aliphatic rings. The Kier molecular flexibility index (Phi) is 27.5. The Morgan fingerprint density at radius 3 is 1.88 bits per heavy atom. The number of unbranched alkanes of at least 4 members (excludes halogenated alkanes) is 1. The molecule has 1 atom stereocenters. The molecule has 0 aromatic carbocycles. The van der Waals surface area contributed by atoms with E-state index < -0.39 is 0 Å². The molecule has 0 saturated carbocycles. The minimum absolute atomic E-state index is 0.102. The van der Waals surface area contributed by atoms with Crippen LogP contribution in [0.3, 0.4) is 0 Å². The monoisotopic (exact) mass is 250 g/mol. The lowest BCUT2D eigenvalue weighted by Crippen LogP contribution is -2.24. The van der Waals surface area contributed by atoms with Gasteiger partial charge >= 0.3 is 0 Å². The van der Waals surface area contributed by atoms with Crippen LogP contribution >= 0.6 is 0 Å². The molecule has 0 bridgehead atoms. The van der Waals surface area contributed by atoms with Crippen LogP contribution in [0.25, 0.3) is 0 Å². The summed E-state index contributed by atoms with van der Waals surface area (Å²) in [6, 6.07) is 0.102. The number of nitrogens with zero attached hydrogens (tertiary/aromatic N) is 1. The largest absolute Gasteiger partial charge is 0.320 e. The number of nitrogens with one attached hydrogen (secondary N) is 1. The second-order valence-electron chi connectivity index (χ2n) is 3.81. The van der Waals surface area contributed by atoms with E-state index in [-0.39, 0.29) is 6.04 Å². The molecule has 0 fully saturated rings. The van der Waals surface area contributed by atoms with E-state index in [0.29, 0.717) is 6.54 Å². The summed E-state index contributed by atoms with van der Waals surface area (Å²) in [5, 5.41) is 3.92. The van der Waals surface area contributed by atoms with Crippen LogP contribution in [0.2, 0.25) is 0 Å². The van der Waals surface area contributed by atoms with Gasteiger partial charge in [-0.15, -0.1) is 9.60 Å². The van der Waals surface area contributed by atoms with Crippen molar-refractivity contribution in [1.82, 2.24) is 10.4 Å². The number of rotatable bonds is 7. The van der Waals surface area contributed by atoms with E-state index in [1.54, 1.807) is 0 Å². The molecule has 0 amide bonds. The van der Waals surface area contributed by atoms with Crippen LogP contribution in [0.5, 0.6) is 0 Å². The first-order valence-electron chi connectivity index (χ1n) is 7.20. The molecule has 0 aromatic heterocycles. The molecule has 3 heteroatoms. The van der Waals surface area contributed by atoms with E-state index in [9.17, 15) is 4.48 Å². The third-order valence-corrected chi connectivity index (χ3v) is 2.26. The van der Waals surface area contributed by atoms with Gasteiger partial charge in [0.2, 0.25) is 0 Å². The maximum Gasteiger partial charge on any atom is 0.0374 e. The van der Waals surface area contributed by atoms with Crippen LogP contribution in [0.4, 0.5) is 4.48 Å². The van der Waals surface area contributed by atoms with Crippen molar-refractivity contribution in [3.05, 3.63) is 0 Å². The van der Waals surface area contributed by atoms with E-state index in [0.717, 1.165) is 30.9 Å². The van der Waals surface area contributed by atoms with E-state index >= 15 is 0 Å². The highest BCUT2D eigenvalue weighted by molar-refractivity contribution is 4.56. The van der Waals surface area contributed by atoms with Crippen LogP contribution < -0.4 is 5.32 Å². The van der Waals surface area contributed by atoms with Gasteiger partial charge in [0, 0.05) is 12.6 Å². The molecule has 0 radical (unpaired) electrons. The lowest BCUT2D eigenvalue weighted by atomic mass is 10.1. The summed E-state index contributed by atoms with van der Waals surface area (Å²) in [4.78, 5) is 0. The molecule has 1 unspecified atom stereocenters. The Hall–Kier alpha value is -0.150. The third kappa shape index (κ3) is 21.7. The van der Waals surface area contributed by atoms with E-state index in [2.05, 4.69) is 19.2 Å². The average Bonchev–Trinajstić information content (AvgIpc) is 2.39. The van der Waals surface area contributed by atoms with Gasteiger partial charge in [-0.2, -0.15) is 0 Å². The minimum Gasteiger partial charge on any atom is -0.320 e. The summed E-state index contributed by atoms with van der Waals surface area (Å²) in [7, 11) is 1.96. The van der Waals surface area contributed by atoms with Gasteiger partial charge in [-0.05, 0) is 40.3 Å². The number of halogens is 1. The molecule has 0 spiro atoms. The second-order valence-corrected chi connectivity index (χ2v) is 3.81. The van der Waals surface area contributed by atoms with Crippen molar-refractivity contribution in [2.24, 2.45) is 0 Å². The second kappa shape index (κ2) is 21.2. The molecule has 0 aromatic rings. The molecule has 108 valence electrons. The SMILES string of the molecule is CC.CCCCC(C)N(F)CC.CCCNC. The first-order valence-corrected chi connectivity index (χ1v) is 7.20.